The molecule has 7 nitrogen and oxygen atoms in total. The lowest BCUT2D eigenvalue weighted by Crippen LogP contribution is -2.20. The third-order valence-corrected chi connectivity index (χ3v) is 6.03. The first-order valence-electron chi connectivity index (χ1n) is 10.3. The molecule has 3 heterocycles. The highest BCUT2D eigenvalue weighted by Gasteiger charge is 2.24. The molecular formula is C23H27N3O4. The number of nitrogens with one attached hydrogen (secondary N) is 1. The molecule has 1 aliphatic rings. The minimum atomic E-state index is -1.44. The molecule has 0 saturated carbocycles. The summed E-state index contributed by atoms with van der Waals surface area (Å²) in [5, 5.41) is 20.9. The summed E-state index contributed by atoms with van der Waals surface area (Å²) in [7, 11) is 2.06. The topological polar surface area (TPSA) is 98.6 Å². The molecule has 0 aliphatic carbocycles. The zero-order valence-corrected chi connectivity index (χ0v) is 17.5. The van der Waals surface area contributed by atoms with Gasteiger partial charge in [-0.3, -0.25) is 9.69 Å². The summed E-state index contributed by atoms with van der Waals surface area (Å²) in [6.07, 6.45) is 2.49. The van der Waals surface area contributed by atoms with Gasteiger partial charge in [0, 0.05) is 35.8 Å². The Morgan fingerprint density at radius 1 is 1.20 bits per heavy atom. The largest absolute Gasteiger partial charge is 0.506 e. The van der Waals surface area contributed by atoms with E-state index in [1.54, 1.807) is 0 Å². The second-order valence-corrected chi connectivity index (χ2v) is 8.38. The van der Waals surface area contributed by atoms with E-state index in [1.165, 1.54) is 18.5 Å². The number of aryl methyl sites for hydroxylation is 1. The summed E-state index contributed by atoms with van der Waals surface area (Å²) in [6, 6.07) is 8.05. The number of likely N-dealkylation sites (tertiary alicyclic amines) is 1. The number of carbonyl (C=O) groups is 1. The second kappa shape index (κ2) is 7.65. The van der Waals surface area contributed by atoms with Crippen LogP contribution in [-0.2, 0) is 13.6 Å². The summed E-state index contributed by atoms with van der Waals surface area (Å²) in [6.45, 7) is 6.88. The number of carboxylic acids is 1. The van der Waals surface area contributed by atoms with Crippen molar-refractivity contribution in [3.05, 3.63) is 51.4 Å². The third-order valence-electron chi connectivity index (χ3n) is 6.03. The molecule has 4 rings (SSSR count). The Kier molecular flexibility index (Phi) is 5.15. The molecule has 30 heavy (non-hydrogen) atoms. The third kappa shape index (κ3) is 3.39. The molecule has 1 aliphatic heterocycles. The highest BCUT2D eigenvalue weighted by atomic mass is 16.4. The van der Waals surface area contributed by atoms with E-state index >= 15 is 0 Å². The number of aromatic carboxylic acids is 1. The second-order valence-electron chi connectivity index (χ2n) is 8.38. The van der Waals surface area contributed by atoms with Crippen LogP contribution in [0.2, 0.25) is 0 Å². The van der Waals surface area contributed by atoms with Crippen LogP contribution in [0, 0.1) is 0 Å². The van der Waals surface area contributed by atoms with Gasteiger partial charge in [0.15, 0.2) is 5.56 Å². The Bertz CT molecular complexity index is 1180. The fourth-order valence-corrected chi connectivity index (χ4v) is 4.48. The van der Waals surface area contributed by atoms with E-state index in [-0.39, 0.29) is 5.92 Å². The van der Waals surface area contributed by atoms with Crippen molar-refractivity contribution in [2.24, 2.45) is 7.05 Å². The van der Waals surface area contributed by atoms with Gasteiger partial charge >= 0.3 is 5.97 Å². The van der Waals surface area contributed by atoms with Crippen LogP contribution in [0.5, 0.6) is 5.75 Å². The number of aromatic amines is 1. The number of aromatic hydroxyl groups is 1. The van der Waals surface area contributed by atoms with Gasteiger partial charge in [0.2, 0.25) is 0 Å². The fourth-order valence-electron chi connectivity index (χ4n) is 4.48. The SMILES string of the molecule is CC(C)c1c(-c2ccc3c(c2)cc(CN2CCCC2)n3C)[nH]c(=O)c(C(=O)O)c1O. The molecule has 1 fully saturated rings. The molecule has 0 spiro atoms. The summed E-state index contributed by atoms with van der Waals surface area (Å²) >= 11 is 0. The van der Waals surface area contributed by atoms with E-state index in [9.17, 15) is 19.8 Å². The van der Waals surface area contributed by atoms with Gasteiger partial charge in [-0.05, 0) is 55.6 Å². The smallest absolute Gasteiger partial charge is 0.345 e. The van der Waals surface area contributed by atoms with E-state index in [1.807, 2.05) is 32.0 Å². The first-order valence-corrected chi connectivity index (χ1v) is 10.3. The molecule has 0 unspecified atom stereocenters. The molecule has 2 aromatic heterocycles. The summed E-state index contributed by atoms with van der Waals surface area (Å²) in [4.78, 5) is 28.9. The van der Waals surface area contributed by atoms with Crippen molar-refractivity contribution in [3.63, 3.8) is 0 Å². The molecule has 1 aromatic carbocycles. The number of rotatable bonds is 5. The van der Waals surface area contributed by atoms with Crippen LogP contribution in [0.15, 0.2) is 29.1 Å². The fraction of sp³-hybridized carbons (Fsp3) is 0.391. The van der Waals surface area contributed by atoms with Crippen molar-refractivity contribution in [3.8, 4) is 17.0 Å². The van der Waals surface area contributed by atoms with Crippen molar-refractivity contribution < 1.29 is 15.0 Å². The highest BCUT2D eigenvalue weighted by molar-refractivity contribution is 5.93. The standard InChI is InChI=1S/C23H27N3O4/c1-13(2)18-20(24-22(28)19(21(18)27)23(29)30)14-6-7-17-15(10-14)11-16(25(17)3)12-26-8-4-5-9-26/h6-7,10-11,13H,4-5,8-9,12H2,1-3H3,(H,29,30)(H2,24,27,28). The van der Waals surface area contributed by atoms with Crippen molar-refractivity contribution >= 4 is 16.9 Å². The molecule has 158 valence electrons. The van der Waals surface area contributed by atoms with E-state index < -0.39 is 22.8 Å². The average molecular weight is 409 g/mol. The number of hydrogen-bond acceptors (Lipinski definition) is 4. The zero-order valence-electron chi connectivity index (χ0n) is 17.5. The first kappa shape index (κ1) is 20.2. The molecule has 0 amide bonds. The monoisotopic (exact) mass is 409 g/mol. The van der Waals surface area contributed by atoms with E-state index in [0.29, 0.717) is 11.3 Å². The Morgan fingerprint density at radius 3 is 2.53 bits per heavy atom. The Balaban J connectivity index is 1.83. The van der Waals surface area contributed by atoms with E-state index in [0.717, 1.165) is 36.1 Å². The number of H-pyrrole nitrogens is 1. The van der Waals surface area contributed by atoms with E-state index in [4.69, 9.17) is 0 Å². The van der Waals surface area contributed by atoms with Gasteiger partial charge in [0.05, 0.1) is 5.69 Å². The van der Waals surface area contributed by atoms with Crippen LogP contribution >= 0.6 is 0 Å². The molecule has 0 atom stereocenters. The van der Waals surface area contributed by atoms with Crippen LogP contribution in [0.4, 0.5) is 0 Å². The van der Waals surface area contributed by atoms with Crippen LogP contribution < -0.4 is 5.56 Å². The Labute approximate surface area is 174 Å². The van der Waals surface area contributed by atoms with Crippen LogP contribution in [0.3, 0.4) is 0 Å². The maximum atomic E-state index is 12.4. The molecule has 3 N–H and O–H groups in total. The summed E-state index contributed by atoms with van der Waals surface area (Å²) in [5.74, 6) is -2.07. The lowest BCUT2D eigenvalue weighted by molar-refractivity contribution is 0.0691. The maximum Gasteiger partial charge on any atom is 0.345 e. The van der Waals surface area contributed by atoms with Gasteiger partial charge < -0.3 is 19.8 Å². The molecule has 0 bridgehead atoms. The minimum Gasteiger partial charge on any atom is -0.506 e. The van der Waals surface area contributed by atoms with Crippen molar-refractivity contribution in [2.45, 2.75) is 39.2 Å². The van der Waals surface area contributed by atoms with Gasteiger partial charge in [-0.2, -0.15) is 0 Å². The molecular weight excluding hydrogens is 382 g/mol. The average Bonchev–Trinajstić information content (AvgIpc) is 3.29. The zero-order chi connectivity index (χ0) is 21.6. The number of nitrogens with zero attached hydrogens (tertiary/aromatic N) is 2. The minimum absolute atomic E-state index is 0.174. The number of hydrogen-bond donors (Lipinski definition) is 3. The summed E-state index contributed by atoms with van der Waals surface area (Å²) in [5.41, 5.74) is 2.54. The van der Waals surface area contributed by atoms with Gasteiger partial charge in [-0.25, -0.2) is 4.79 Å². The van der Waals surface area contributed by atoms with Gasteiger partial charge in [-0.1, -0.05) is 19.9 Å². The molecule has 1 saturated heterocycles. The Hall–Kier alpha value is -3.06. The van der Waals surface area contributed by atoms with Crippen molar-refractivity contribution in [2.75, 3.05) is 13.1 Å². The normalized spacial score (nSPS) is 14.8. The van der Waals surface area contributed by atoms with Gasteiger partial charge in [0.1, 0.15) is 5.75 Å². The maximum absolute atomic E-state index is 12.4. The predicted molar refractivity (Wildman–Crippen MR) is 116 cm³/mol. The van der Waals surface area contributed by atoms with Crippen LogP contribution in [0.1, 0.15) is 54.2 Å². The quantitative estimate of drug-likeness (QED) is 0.597. The van der Waals surface area contributed by atoms with Gasteiger partial charge in [0.25, 0.3) is 5.56 Å². The molecule has 3 aromatic rings. The van der Waals surface area contributed by atoms with Crippen molar-refractivity contribution in [1.29, 1.82) is 0 Å². The van der Waals surface area contributed by atoms with Crippen LogP contribution in [0.25, 0.3) is 22.2 Å². The Morgan fingerprint density at radius 2 is 1.90 bits per heavy atom. The number of pyridine rings is 1. The number of aromatic nitrogens is 2. The first-order chi connectivity index (χ1) is 14.3. The molecule has 0 radical (unpaired) electrons. The predicted octanol–water partition coefficient (Wildman–Crippen LogP) is 3.66. The van der Waals surface area contributed by atoms with Crippen LogP contribution in [-0.4, -0.2) is 43.7 Å². The lowest BCUT2D eigenvalue weighted by Gasteiger charge is -2.16. The highest BCUT2D eigenvalue weighted by Crippen LogP contribution is 2.36. The van der Waals surface area contributed by atoms with Crippen molar-refractivity contribution in [1.82, 2.24) is 14.5 Å². The van der Waals surface area contributed by atoms with E-state index in [2.05, 4.69) is 27.6 Å². The number of carboxylic acid groups (broad SMARTS) is 1. The van der Waals surface area contributed by atoms with Gasteiger partial charge in [-0.15, -0.1) is 0 Å². The number of benzene rings is 1. The lowest BCUT2D eigenvalue weighted by atomic mass is 9.94. The number of fused-ring (bicyclic) bond motifs is 1. The summed E-state index contributed by atoms with van der Waals surface area (Å²) < 4.78 is 2.19. The molecule has 7 heteroatoms.